The van der Waals surface area contributed by atoms with Gasteiger partial charge in [-0.2, -0.15) is 5.10 Å². The number of carbonyl (C=O) groups excluding carboxylic acids is 2. The van der Waals surface area contributed by atoms with E-state index in [0.29, 0.717) is 43.1 Å². The number of hydrogen-bond donors (Lipinski definition) is 0. The molecule has 2 fully saturated rings. The fourth-order valence-corrected chi connectivity index (χ4v) is 7.00. The second-order valence-corrected chi connectivity index (χ2v) is 14.9. The van der Waals surface area contributed by atoms with Crippen molar-refractivity contribution in [3.05, 3.63) is 53.5 Å². The molecule has 10 heteroatoms. The van der Waals surface area contributed by atoms with E-state index < -0.39 is 11.4 Å². The van der Waals surface area contributed by atoms with Gasteiger partial charge in [0.25, 0.3) is 5.91 Å². The van der Waals surface area contributed by atoms with E-state index in [1.807, 2.05) is 64.4 Å². The first kappa shape index (κ1) is 34.8. The number of carbonyl (C=O) groups is 2. The molecule has 1 atom stereocenters. The zero-order valence-corrected chi connectivity index (χ0v) is 29.7. The van der Waals surface area contributed by atoms with Gasteiger partial charge in [0.1, 0.15) is 11.4 Å². The minimum absolute atomic E-state index is 0.00271. The van der Waals surface area contributed by atoms with Crippen LogP contribution in [0.25, 0.3) is 22.0 Å². The Balaban J connectivity index is 1.34. The Kier molecular flexibility index (Phi) is 10.3. The van der Waals surface area contributed by atoms with E-state index in [-0.39, 0.29) is 18.0 Å². The van der Waals surface area contributed by atoms with Crippen molar-refractivity contribution in [3.8, 4) is 11.1 Å². The van der Waals surface area contributed by atoms with E-state index in [2.05, 4.69) is 40.9 Å². The molecule has 3 aromatic rings. The second-order valence-electron chi connectivity index (χ2n) is 14.9. The van der Waals surface area contributed by atoms with Crippen LogP contribution in [0.15, 0.2) is 36.5 Å². The Hall–Kier alpha value is -3.50. The zero-order valence-electron chi connectivity index (χ0n) is 29.7. The molecule has 2 aliphatic heterocycles. The van der Waals surface area contributed by atoms with Crippen molar-refractivity contribution >= 4 is 22.9 Å². The van der Waals surface area contributed by atoms with Crippen LogP contribution in [0.2, 0.25) is 0 Å². The molecule has 0 N–H and O–H groups in total. The molecule has 3 heterocycles. The third kappa shape index (κ3) is 7.64. The van der Waals surface area contributed by atoms with Gasteiger partial charge in [0.2, 0.25) is 0 Å². The molecule has 5 rings (SSSR count). The molecular formula is C37H53FN6O3. The van der Waals surface area contributed by atoms with Crippen molar-refractivity contribution in [1.82, 2.24) is 29.4 Å². The largest absolute Gasteiger partial charge is 0.444 e. The van der Waals surface area contributed by atoms with Crippen LogP contribution in [-0.2, 0) is 11.8 Å². The number of benzene rings is 2. The summed E-state index contributed by atoms with van der Waals surface area (Å²) in [5.74, 6) is 0.225. The lowest BCUT2D eigenvalue weighted by molar-refractivity contribution is 0.00374. The Bertz CT molecular complexity index is 1580. The van der Waals surface area contributed by atoms with Gasteiger partial charge in [0.05, 0.1) is 17.3 Å². The van der Waals surface area contributed by atoms with E-state index in [1.165, 1.54) is 17.7 Å². The molecular weight excluding hydrogens is 595 g/mol. The summed E-state index contributed by atoms with van der Waals surface area (Å²) in [5, 5.41) is 5.51. The highest BCUT2D eigenvalue weighted by molar-refractivity contribution is 6.05. The summed E-state index contributed by atoms with van der Waals surface area (Å²) >= 11 is 0. The number of ether oxygens (including phenoxy) is 1. The van der Waals surface area contributed by atoms with Crippen LogP contribution in [0.5, 0.6) is 0 Å². The summed E-state index contributed by atoms with van der Waals surface area (Å²) in [5.41, 5.74) is 3.74. The standard InChI is InChI=1S/C37H53FN6O3/c1-10-44(25(4)5)35(45)31-19-28(38)11-12-29(31)30-17-26(18-33-32(30)20-39-40(33)9)27-21-43(22-27)34(24(2)3)23-41-13-15-42(16-14-41)36(46)47-37(6,7)8/h11-12,17-20,24-25,27,34H,10,13-16,21-23H2,1-9H3/t34-/m0/s1. The average molecular weight is 649 g/mol. The lowest BCUT2D eigenvalue weighted by Gasteiger charge is -2.48. The molecule has 256 valence electrons. The van der Waals surface area contributed by atoms with Crippen LogP contribution in [0.1, 0.15) is 77.2 Å². The van der Waals surface area contributed by atoms with Crippen molar-refractivity contribution in [2.24, 2.45) is 13.0 Å². The number of nitrogens with zero attached hydrogens (tertiary/aromatic N) is 6. The number of likely N-dealkylation sites (tertiary alicyclic amines) is 1. The minimum atomic E-state index is -0.490. The summed E-state index contributed by atoms with van der Waals surface area (Å²) in [4.78, 5) is 35.0. The van der Waals surface area contributed by atoms with E-state index in [1.54, 1.807) is 11.0 Å². The SMILES string of the molecule is CCN(C(=O)c1cc(F)ccc1-c1cc(C2CN([C@@H](CN3CCN(C(=O)OC(C)(C)C)CC3)C(C)C)C2)cc2c1cnn2C)C(C)C. The molecule has 2 aliphatic rings. The summed E-state index contributed by atoms with van der Waals surface area (Å²) in [6.45, 7) is 22.6. The smallest absolute Gasteiger partial charge is 0.410 e. The quantitative estimate of drug-likeness (QED) is 0.274. The Morgan fingerprint density at radius 1 is 1.02 bits per heavy atom. The van der Waals surface area contributed by atoms with Crippen LogP contribution >= 0.6 is 0 Å². The molecule has 0 spiro atoms. The van der Waals surface area contributed by atoms with E-state index in [0.717, 1.165) is 54.8 Å². The maximum atomic E-state index is 14.6. The monoisotopic (exact) mass is 648 g/mol. The number of aromatic nitrogens is 2. The van der Waals surface area contributed by atoms with E-state index in [9.17, 15) is 14.0 Å². The number of rotatable bonds is 9. The van der Waals surface area contributed by atoms with Crippen molar-refractivity contribution in [2.75, 3.05) is 52.4 Å². The molecule has 0 unspecified atom stereocenters. The van der Waals surface area contributed by atoms with Gasteiger partial charge in [0, 0.05) is 82.8 Å². The molecule has 0 bridgehead atoms. The number of hydrogen-bond acceptors (Lipinski definition) is 6. The molecule has 0 aliphatic carbocycles. The third-order valence-electron chi connectivity index (χ3n) is 9.71. The highest BCUT2D eigenvalue weighted by Crippen LogP contribution is 2.38. The molecule has 0 saturated carbocycles. The maximum absolute atomic E-state index is 14.6. The van der Waals surface area contributed by atoms with Crippen molar-refractivity contribution in [2.45, 2.75) is 79.0 Å². The van der Waals surface area contributed by atoms with Gasteiger partial charge in [-0.1, -0.05) is 19.9 Å². The van der Waals surface area contributed by atoms with Crippen LogP contribution in [0.4, 0.5) is 9.18 Å². The first-order chi connectivity index (χ1) is 22.2. The zero-order chi connectivity index (χ0) is 34.2. The Morgan fingerprint density at radius 3 is 2.30 bits per heavy atom. The van der Waals surface area contributed by atoms with Gasteiger partial charge >= 0.3 is 6.09 Å². The third-order valence-corrected chi connectivity index (χ3v) is 9.71. The number of piperazine rings is 1. The molecule has 0 radical (unpaired) electrons. The topological polar surface area (TPSA) is 74.2 Å². The van der Waals surface area contributed by atoms with Crippen molar-refractivity contribution in [1.29, 1.82) is 0 Å². The van der Waals surface area contributed by atoms with Crippen molar-refractivity contribution in [3.63, 3.8) is 0 Å². The normalized spacial score (nSPS) is 17.4. The second kappa shape index (κ2) is 13.9. The van der Waals surface area contributed by atoms with Gasteiger partial charge < -0.3 is 14.5 Å². The Labute approximate surface area is 279 Å². The summed E-state index contributed by atoms with van der Waals surface area (Å²) in [6, 6.07) is 9.38. The highest BCUT2D eigenvalue weighted by atomic mass is 19.1. The maximum Gasteiger partial charge on any atom is 0.410 e. The fourth-order valence-electron chi connectivity index (χ4n) is 7.00. The summed E-state index contributed by atoms with van der Waals surface area (Å²) < 4.78 is 22.1. The summed E-state index contributed by atoms with van der Waals surface area (Å²) in [6.07, 6.45) is 1.61. The lowest BCUT2D eigenvalue weighted by Crippen LogP contribution is -2.58. The van der Waals surface area contributed by atoms with Crippen LogP contribution in [0, 0.1) is 11.7 Å². The van der Waals surface area contributed by atoms with E-state index in [4.69, 9.17) is 4.74 Å². The molecule has 2 amide bonds. The molecule has 2 aromatic carbocycles. The van der Waals surface area contributed by atoms with Crippen LogP contribution < -0.4 is 0 Å². The number of halogens is 1. The molecule has 9 nitrogen and oxygen atoms in total. The number of amides is 2. The highest BCUT2D eigenvalue weighted by Gasteiger charge is 2.37. The molecule has 2 saturated heterocycles. The predicted octanol–water partition coefficient (Wildman–Crippen LogP) is 6.23. The summed E-state index contributed by atoms with van der Waals surface area (Å²) in [7, 11) is 1.94. The van der Waals surface area contributed by atoms with Gasteiger partial charge in [0.15, 0.2) is 0 Å². The first-order valence-electron chi connectivity index (χ1n) is 17.2. The molecule has 47 heavy (non-hydrogen) atoms. The van der Waals surface area contributed by atoms with Gasteiger partial charge in [-0.05, 0) is 88.4 Å². The van der Waals surface area contributed by atoms with Crippen molar-refractivity contribution < 1.29 is 18.7 Å². The molecule has 1 aromatic heterocycles. The van der Waals surface area contributed by atoms with Gasteiger partial charge in [-0.15, -0.1) is 0 Å². The number of aryl methyl sites for hydroxylation is 1. The predicted molar refractivity (Wildman–Crippen MR) is 185 cm³/mol. The number of fused-ring (bicyclic) bond motifs is 1. The van der Waals surface area contributed by atoms with E-state index >= 15 is 0 Å². The minimum Gasteiger partial charge on any atom is -0.444 e. The van der Waals surface area contributed by atoms with Gasteiger partial charge in [-0.3, -0.25) is 19.3 Å². The van der Waals surface area contributed by atoms with Crippen LogP contribution in [-0.4, -0.2) is 111 Å². The van der Waals surface area contributed by atoms with Gasteiger partial charge in [-0.25, -0.2) is 9.18 Å². The average Bonchev–Trinajstić information content (AvgIpc) is 3.35. The lowest BCUT2D eigenvalue weighted by atomic mass is 9.84. The van der Waals surface area contributed by atoms with Crippen LogP contribution in [0.3, 0.4) is 0 Å². The first-order valence-corrected chi connectivity index (χ1v) is 17.2. The Morgan fingerprint density at radius 2 is 1.70 bits per heavy atom. The fraction of sp³-hybridized carbons (Fsp3) is 0.595.